The van der Waals surface area contributed by atoms with Crippen molar-refractivity contribution >= 4 is 101 Å². The molecular weight excluding hydrogens is 1220 g/mol. The van der Waals surface area contributed by atoms with Gasteiger partial charge >= 0.3 is 0 Å². The van der Waals surface area contributed by atoms with Crippen LogP contribution in [0.4, 0.5) is 34.1 Å². The lowest BCUT2D eigenvalue weighted by molar-refractivity contribution is 0.569. The molecule has 5 nitrogen and oxygen atoms in total. The molecule has 0 spiro atoms. The van der Waals surface area contributed by atoms with Crippen LogP contribution in [-0.2, 0) is 16.2 Å². The Morgan fingerprint density at radius 3 is 1.17 bits per heavy atom. The summed E-state index contributed by atoms with van der Waals surface area (Å²) in [4.78, 5) is 9.82. The molecule has 18 rings (SSSR count). The first-order valence-corrected chi connectivity index (χ1v) is 33.9. The van der Waals surface area contributed by atoms with E-state index in [0.717, 1.165) is 33.5 Å². The van der Waals surface area contributed by atoms with Crippen LogP contribution in [0.3, 0.4) is 0 Å². The zero-order valence-corrected chi connectivity index (χ0v) is 57.1. The van der Waals surface area contributed by atoms with Crippen molar-refractivity contribution in [2.75, 3.05) is 9.80 Å². The number of hydrogen-bond acceptors (Lipinski definition) is 3. The number of anilines is 6. The minimum absolute atomic E-state index is 0.0950. The molecule has 0 fully saturated rings. The first-order valence-electron chi connectivity index (χ1n) is 44.4. The van der Waals surface area contributed by atoms with Crippen LogP contribution in [0.15, 0.2) is 309 Å². The number of para-hydroxylation sites is 4. The van der Waals surface area contributed by atoms with E-state index in [1.54, 1.807) is 12.1 Å². The molecule has 0 saturated heterocycles. The van der Waals surface area contributed by atoms with Crippen LogP contribution in [0.1, 0.15) is 108 Å². The number of nitrogens with zero attached hydrogens (tertiary/aromatic N) is 5. The van der Waals surface area contributed by atoms with Crippen LogP contribution in [0.25, 0.3) is 111 Å². The minimum atomic E-state index is -1.01. The van der Waals surface area contributed by atoms with E-state index in [1.165, 1.54) is 9.13 Å². The number of aromatic nitrogens is 3. The molecule has 0 radical (unpaired) electrons. The number of pyridine rings is 1. The smallest absolute Gasteiger partial charge is 0.252 e. The average Bonchev–Trinajstić information content (AvgIpc) is 0.960. The largest absolute Gasteiger partial charge is 0.310 e. The quantitative estimate of drug-likeness (QED) is 0.135. The summed E-state index contributed by atoms with van der Waals surface area (Å²) in [5.74, 6) is 0. The van der Waals surface area contributed by atoms with Crippen LogP contribution in [-0.4, -0.2) is 20.8 Å². The third-order valence-electron chi connectivity index (χ3n) is 19.9. The summed E-state index contributed by atoms with van der Waals surface area (Å²) in [6.45, 7) is 18.0. The van der Waals surface area contributed by atoms with E-state index < -0.39 is 150 Å². The Balaban J connectivity index is 1.14. The van der Waals surface area contributed by atoms with Crippen molar-refractivity contribution in [3.8, 4) is 67.1 Å². The van der Waals surface area contributed by atoms with Crippen LogP contribution in [0.5, 0.6) is 0 Å². The van der Waals surface area contributed by atoms with Crippen LogP contribution in [0, 0.1) is 0 Å². The Hall–Kier alpha value is -11.7. The SMILES string of the molecule is [2H]c1c([2H])c([2H])c(-c2ccc3c(c2)N(c2c(-c4ccccc4)cc(C(C)(C)C)cc2-c2cccc(C(C)(C)C)n2)c2cc(-n4c5c([2H])c([2H])c([2H])c([2H])c5c5c([2H])c([2H])c([2H])c([2H])c54)cc4c2B3c2ccc(-n3c5c([2H])c([2H])c([2H])c([2H])c5c5c([2H])c([2H])c([2H])c([2H])c53)cc2N4c2c(-c3ccccc3)cc(C(C)(C)C)cc2-c2ccccc2)c([2H])c1[2H]. The summed E-state index contributed by atoms with van der Waals surface area (Å²) in [7, 11) is 0. The fourth-order valence-corrected chi connectivity index (χ4v) is 14.9. The summed E-state index contributed by atoms with van der Waals surface area (Å²) < 4.78 is 204. The molecule has 0 saturated carbocycles. The van der Waals surface area contributed by atoms with Crippen molar-refractivity contribution in [2.45, 2.75) is 78.6 Å². The molecule has 16 aromatic rings. The Morgan fingerprint density at radius 2 is 0.713 bits per heavy atom. The third kappa shape index (κ3) is 10.2. The molecule has 486 valence electrons. The predicted molar refractivity (Wildman–Crippen MR) is 430 cm³/mol. The molecule has 0 unspecified atom stereocenters. The Labute approximate surface area is 622 Å². The number of hydrogen-bond donors (Lipinski definition) is 0. The van der Waals surface area contributed by atoms with Gasteiger partial charge in [-0.1, -0.05) is 280 Å². The lowest BCUT2D eigenvalue weighted by atomic mass is 9.33. The molecule has 0 atom stereocenters. The lowest BCUT2D eigenvalue weighted by Crippen LogP contribution is -2.61. The fraction of sp³-hybridized carbons (Fsp3) is 0.126. The Morgan fingerprint density at radius 1 is 0.317 bits per heavy atom. The summed E-state index contributed by atoms with van der Waals surface area (Å²) in [5.41, 5.74) is 10.2. The van der Waals surface area contributed by atoms with Crippen molar-refractivity contribution < 1.29 is 28.8 Å². The summed E-state index contributed by atoms with van der Waals surface area (Å²) >= 11 is 0. The number of rotatable bonds is 9. The standard InChI is InChI=1S/C95H78BN5/c1-93(2,3)66-54-74(62-33-16-11-17-34-62)91(75(55-66)63-35-18-12-19-36-63)101-86-58-68(98-81-44-26-22-39-70(81)71-40-23-27-45-82(71)98)50-52-79(86)96-78-51-49-65(61-31-14-10-15-32-61)53-85(78)100(87-59-69(60-88(101)90(87)96)99-83-46-28-24-41-72(83)73-42-25-29-47-84(73)99)92-76(64-37-20-13-21-38-64)56-67(94(4,5)6)57-77(92)80-43-30-48-89(97-80)95(7,8)9/h10-60H,1-9H3/i10D,14D,15D,22D,23D,24D,25D,26D,27D,28D,29D,31D,32D,39D,40D,41D,42D,44D,45D,46D,47D. The monoisotopic (exact) mass is 1320 g/mol. The molecule has 0 bridgehead atoms. The molecule has 13 aromatic carbocycles. The lowest BCUT2D eigenvalue weighted by Gasteiger charge is -2.46. The summed E-state index contributed by atoms with van der Waals surface area (Å²) in [5, 5.41) is -0.723. The van der Waals surface area contributed by atoms with Gasteiger partial charge in [-0.05, 0) is 157 Å². The number of benzene rings is 13. The van der Waals surface area contributed by atoms with E-state index in [9.17, 15) is 24.7 Å². The van der Waals surface area contributed by atoms with Crippen molar-refractivity contribution in [1.29, 1.82) is 0 Å². The highest BCUT2D eigenvalue weighted by atomic mass is 15.2. The van der Waals surface area contributed by atoms with Crippen LogP contribution in [0.2, 0.25) is 0 Å². The van der Waals surface area contributed by atoms with E-state index in [-0.39, 0.29) is 66.1 Å². The van der Waals surface area contributed by atoms with Crippen molar-refractivity contribution in [3.05, 3.63) is 326 Å². The fourth-order valence-electron chi connectivity index (χ4n) is 14.9. The zero-order chi connectivity index (χ0) is 86.9. The van der Waals surface area contributed by atoms with Gasteiger partial charge < -0.3 is 18.9 Å². The van der Waals surface area contributed by atoms with Crippen LogP contribution < -0.4 is 26.2 Å². The van der Waals surface area contributed by atoms with Gasteiger partial charge in [-0.15, -0.1) is 0 Å². The van der Waals surface area contributed by atoms with Gasteiger partial charge in [0.05, 0.1) is 73.6 Å². The summed E-state index contributed by atoms with van der Waals surface area (Å²) in [6, 6.07) is 46.2. The summed E-state index contributed by atoms with van der Waals surface area (Å²) in [6.07, 6.45) is 0. The van der Waals surface area contributed by atoms with E-state index >= 15 is 0 Å². The van der Waals surface area contributed by atoms with E-state index in [0.29, 0.717) is 78.5 Å². The molecule has 3 aromatic heterocycles. The second-order valence-corrected chi connectivity index (χ2v) is 29.2. The second-order valence-electron chi connectivity index (χ2n) is 29.2. The van der Waals surface area contributed by atoms with Gasteiger partial charge in [-0.25, -0.2) is 0 Å². The highest BCUT2D eigenvalue weighted by molar-refractivity contribution is 7.00. The minimum Gasteiger partial charge on any atom is -0.310 e. The van der Waals surface area contributed by atoms with Gasteiger partial charge in [0.2, 0.25) is 0 Å². The molecule has 2 aliphatic rings. The van der Waals surface area contributed by atoms with Gasteiger partial charge in [0.25, 0.3) is 6.71 Å². The number of fused-ring (bicyclic) bond motifs is 10. The second kappa shape index (κ2) is 23.5. The van der Waals surface area contributed by atoms with Crippen molar-refractivity contribution in [1.82, 2.24) is 14.1 Å². The van der Waals surface area contributed by atoms with Gasteiger partial charge in [0.15, 0.2) is 0 Å². The van der Waals surface area contributed by atoms with Crippen molar-refractivity contribution in [2.24, 2.45) is 0 Å². The molecule has 0 N–H and O–H groups in total. The van der Waals surface area contributed by atoms with Gasteiger partial charge in [0.1, 0.15) is 0 Å². The third-order valence-corrected chi connectivity index (χ3v) is 19.9. The van der Waals surface area contributed by atoms with Crippen molar-refractivity contribution in [3.63, 3.8) is 0 Å². The van der Waals surface area contributed by atoms with E-state index in [1.807, 2.05) is 146 Å². The van der Waals surface area contributed by atoms with Gasteiger partial charge in [0, 0.05) is 83.3 Å². The normalized spacial score (nSPS) is 15.9. The molecule has 6 heteroatoms. The average molecular weight is 1320 g/mol. The maximum absolute atomic E-state index is 10.2. The molecule has 0 amide bonds. The molecule has 2 aliphatic heterocycles. The molecular formula is C95H78BN5. The topological polar surface area (TPSA) is 29.2 Å². The maximum atomic E-state index is 10.2. The van der Waals surface area contributed by atoms with Crippen LogP contribution >= 0.6 is 0 Å². The van der Waals surface area contributed by atoms with Gasteiger partial charge in [-0.2, -0.15) is 0 Å². The van der Waals surface area contributed by atoms with E-state index in [4.69, 9.17) is 9.10 Å². The Bertz CT molecular complexity index is 7050. The van der Waals surface area contributed by atoms with E-state index in [2.05, 4.69) is 96.4 Å². The predicted octanol–water partition coefficient (Wildman–Crippen LogP) is 23.6. The highest BCUT2D eigenvalue weighted by Gasteiger charge is 2.46. The molecule has 101 heavy (non-hydrogen) atoms. The first kappa shape index (κ1) is 42.9. The Kier molecular flexibility index (Phi) is 9.98. The maximum Gasteiger partial charge on any atom is 0.252 e. The molecule has 5 heterocycles. The highest BCUT2D eigenvalue weighted by Crippen LogP contribution is 2.56. The first-order chi connectivity index (χ1) is 57.7. The molecule has 0 aliphatic carbocycles. The van der Waals surface area contributed by atoms with Gasteiger partial charge in [-0.3, -0.25) is 4.98 Å². The zero-order valence-electron chi connectivity index (χ0n) is 78.1.